The average Bonchev–Trinajstić information content (AvgIpc) is 2.98. The Balaban J connectivity index is 1.52. The van der Waals surface area contributed by atoms with Crippen molar-refractivity contribution in [1.29, 1.82) is 0 Å². The monoisotopic (exact) mass is 424 g/mol. The van der Waals surface area contributed by atoms with E-state index in [0.717, 1.165) is 24.4 Å². The van der Waals surface area contributed by atoms with Gasteiger partial charge < -0.3 is 15.1 Å². The molecule has 1 aromatic heterocycles. The quantitative estimate of drug-likeness (QED) is 0.767. The van der Waals surface area contributed by atoms with E-state index in [-0.39, 0.29) is 18.0 Å². The summed E-state index contributed by atoms with van der Waals surface area (Å²) >= 11 is 0. The van der Waals surface area contributed by atoms with Crippen LogP contribution in [0.5, 0.6) is 0 Å². The van der Waals surface area contributed by atoms with Crippen molar-refractivity contribution in [2.45, 2.75) is 12.6 Å². The number of rotatable bonds is 4. The topological polar surface area (TPSA) is 65.5 Å². The Morgan fingerprint density at radius 2 is 1.73 bits per heavy atom. The lowest BCUT2D eigenvalue weighted by Gasteiger charge is -2.23. The summed E-state index contributed by atoms with van der Waals surface area (Å²) in [6, 6.07) is 7.29. The van der Waals surface area contributed by atoms with Crippen molar-refractivity contribution in [3.05, 3.63) is 59.5 Å². The van der Waals surface area contributed by atoms with E-state index in [1.807, 2.05) is 4.90 Å². The highest BCUT2D eigenvalue weighted by Crippen LogP contribution is 2.29. The van der Waals surface area contributed by atoms with E-state index in [4.69, 9.17) is 0 Å². The van der Waals surface area contributed by atoms with Crippen LogP contribution in [0.25, 0.3) is 0 Å². The van der Waals surface area contributed by atoms with Crippen molar-refractivity contribution in [3.8, 4) is 0 Å². The van der Waals surface area contributed by atoms with Gasteiger partial charge in [-0.05, 0) is 42.8 Å². The molecule has 1 aromatic carbocycles. The van der Waals surface area contributed by atoms with Crippen LogP contribution in [0.1, 0.15) is 22.3 Å². The number of nitrogens with zero attached hydrogens (tertiary/aromatic N) is 3. The molecule has 0 spiro atoms. The fraction of sp³-hybridized carbons (Fsp3) is 0.350. The third-order valence-corrected chi connectivity index (χ3v) is 4.75. The first kappa shape index (κ1) is 21.5. The number of alkyl halides is 3. The molecule has 2 heterocycles. The Hall–Kier alpha value is -3.17. The lowest BCUT2D eigenvalue weighted by molar-refractivity contribution is -0.137. The highest BCUT2D eigenvalue weighted by molar-refractivity contribution is 5.96. The van der Waals surface area contributed by atoms with Crippen LogP contribution in [0.3, 0.4) is 0 Å². The number of carbonyl (C=O) groups excluding carboxylic acids is 2. The predicted molar refractivity (Wildman–Crippen MR) is 101 cm³/mol. The molecule has 0 atom stereocenters. The molecular formula is C20H20F4N4O2. The third-order valence-electron chi connectivity index (χ3n) is 4.75. The van der Waals surface area contributed by atoms with Crippen molar-refractivity contribution in [1.82, 2.24) is 15.2 Å². The van der Waals surface area contributed by atoms with Gasteiger partial charge in [0, 0.05) is 37.9 Å². The lowest BCUT2D eigenvalue weighted by atomic mass is 10.2. The van der Waals surface area contributed by atoms with Crippen molar-refractivity contribution in [2.75, 3.05) is 37.6 Å². The number of halogens is 4. The van der Waals surface area contributed by atoms with Gasteiger partial charge in [-0.2, -0.15) is 13.2 Å². The Bertz CT molecular complexity index is 885. The number of nitrogens with one attached hydrogen (secondary N) is 1. The maximum Gasteiger partial charge on any atom is 0.417 e. The van der Waals surface area contributed by atoms with Gasteiger partial charge in [0.25, 0.3) is 5.91 Å². The molecule has 30 heavy (non-hydrogen) atoms. The molecule has 2 amide bonds. The summed E-state index contributed by atoms with van der Waals surface area (Å²) in [5, 5.41) is 2.51. The highest BCUT2D eigenvalue weighted by Gasteiger charge is 2.31. The summed E-state index contributed by atoms with van der Waals surface area (Å²) in [6.45, 7) is 1.57. The highest BCUT2D eigenvalue weighted by atomic mass is 19.4. The van der Waals surface area contributed by atoms with E-state index < -0.39 is 23.5 Å². The maximum absolute atomic E-state index is 12.9. The molecule has 0 saturated carbocycles. The van der Waals surface area contributed by atoms with Crippen LogP contribution < -0.4 is 10.2 Å². The molecule has 1 N–H and O–H groups in total. The van der Waals surface area contributed by atoms with E-state index in [0.29, 0.717) is 38.4 Å². The van der Waals surface area contributed by atoms with E-state index >= 15 is 0 Å². The molecule has 0 aliphatic carbocycles. The van der Waals surface area contributed by atoms with Gasteiger partial charge in [0.1, 0.15) is 11.6 Å². The van der Waals surface area contributed by atoms with Crippen LogP contribution in [0.15, 0.2) is 42.6 Å². The Morgan fingerprint density at radius 1 is 1.00 bits per heavy atom. The molecule has 2 aromatic rings. The summed E-state index contributed by atoms with van der Waals surface area (Å²) in [5.74, 6) is -0.789. The van der Waals surface area contributed by atoms with Crippen LogP contribution in [0.2, 0.25) is 0 Å². The van der Waals surface area contributed by atoms with Gasteiger partial charge in [-0.1, -0.05) is 0 Å². The van der Waals surface area contributed by atoms with Gasteiger partial charge in [-0.3, -0.25) is 9.59 Å². The Labute approximate surface area is 170 Å². The molecular weight excluding hydrogens is 404 g/mol. The first-order valence-electron chi connectivity index (χ1n) is 9.34. The van der Waals surface area contributed by atoms with Crippen LogP contribution in [0.4, 0.5) is 23.4 Å². The van der Waals surface area contributed by atoms with Crippen molar-refractivity contribution >= 4 is 17.6 Å². The van der Waals surface area contributed by atoms with E-state index in [9.17, 15) is 27.2 Å². The predicted octanol–water partition coefficient (Wildman–Crippen LogP) is 2.71. The van der Waals surface area contributed by atoms with Crippen molar-refractivity contribution in [3.63, 3.8) is 0 Å². The molecule has 10 heteroatoms. The average molecular weight is 424 g/mol. The first-order chi connectivity index (χ1) is 14.2. The molecule has 1 saturated heterocycles. The zero-order chi connectivity index (χ0) is 21.7. The number of pyridine rings is 1. The fourth-order valence-electron chi connectivity index (χ4n) is 3.11. The second kappa shape index (κ2) is 9.10. The maximum atomic E-state index is 12.9. The second-order valence-corrected chi connectivity index (χ2v) is 6.81. The molecule has 0 unspecified atom stereocenters. The van der Waals surface area contributed by atoms with Gasteiger partial charge in [0.05, 0.1) is 12.1 Å². The summed E-state index contributed by atoms with van der Waals surface area (Å²) < 4.78 is 51.0. The van der Waals surface area contributed by atoms with Crippen molar-refractivity contribution < 1.29 is 27.2 Å². The van der Waals surface area contributed by atoms with E-state index in [1.54, 1.807) is 4.90 Å². The fourth-order valence-corrected chi connectivity index (χ4v) is 3.11. The number of aromatic nitrogens is 1. The van der Waals surface area contributed by atoms with Gasteiger partial charge in [0.2, 0.25) is 5.91 Å². The number of amides is 2. The van der Waals surface area contributed by atoms with Crippen LogP contribution in [-0.2, 0) is 11.0 Å². The van der Waals surface area contributed by atoms with E-state index in [1.165, 1.54) is 18.2 Å². The summed E-state index contributed by atoms with van der Waals surface area (Å²) in [7, 11) is 0. The lowest BCUT2D eigenvalue weighted by Crippen LogP contribution is -2.42. The number of hydrogen-bond donors (Lipinski definition) is 1. The first-order valence-corrected chi connectivity index (χ1v) is 9.34. The Kier molecular flexibility index (Phi) is 6.53. The van der Waals surface area contributed by atoms with Crippen LogP contribution in [-0.4, -0.2) is 54.4 Å². The third kappa shape index (κ3) is 5.46. The molecule has 160 valence electrons. The summed E-state index contributed by atoms with van der Waals surface area (Å²) in [6.07, 6.45) is -3.03. The SMILES string of the molecule is O=C(NCC(=O)N1CCCN(c2ccc(C(F)(F)F)cn2)CC1)c1ccc(F)cc1. The number of benzene rings is 1. The smallest absolute Gasteiger partial charge is 0.355 e. The van der Waals surface area contributed by atoms with E-state index in [2.05, 4.69) is 10.3 Å². The minimum absolute atomic E-state index is 0.200. The van der Waals surface area contributed by atoms with Crippen LogP contribution in [0, 0.1) is 5.82 Å². The summed E-state index contributed by atoms with van der Waals surface area (Å²) in [5.41, 5.74) is -0.561. The summed E-state index contributed by atoms with van der Waals surface area (Å²) in [4.78, 5) is 31.8. The zero-order valence-corrected chi connectivity index (χ0v) is 16.0. The largest absolute Gasteiger partial charge is 0.417 e. The number of hydrogen-bond acceptors (Lipinski definition) is 4. The Morgan fingerprint density at radius 3 is 2.37 bits per heavy atom. The zero-order valence-electron chi connectivity index (χ0n) is 16.0. The normalized spacial score (nSPS) is 14.9. The van der Waals surface area contributed by atoms with Gasteiger partial charge in [-0.25, -0.2) is 9.37 Å². The van der Waals surface area contributed by atoms with Gasteiger partial charge in [0.15, 0.2) is 0 Å². The molecule has 6 nitrogen and oxygen atoms in total. The molecule has 3 rings (SSSR count). The second-order valence-electron chi connectivity index (χ2n) is 6.81. The van der Waals surface area contributed by atoms with Crippen LogP contribution >= 0.6 is 0 Å². The number of carbonyl (C=O) groups is 2. The molecule has 0 radical (unpaired) electrons. The molecule has 0 bridgehead atoms. The molecule has 1 fully saturated rings. The van der Waals surface area contributed by atoms with Gasteiger partial charge in [-0.15, -0.1) is 0 Å². The van der Waals surface area contributed by atoms with Gasteiger partial charge >= 0.3 is 6.18 Å². The minimum Gasteiger partial charge on any atom is -0.355 e. The minimum atomic E-state index is -4.44. The standard InChI is InChI=1S/C20H20F4N4O2/c21-16-5-2-14(3-6-16)19(30)26-13-18(29)28-9-1-8-27(10-11-28)17-7-4-15(12-25-17)20(22,23)24/h2-7,12H,1,8-11,13H2,(H,26,30). The molecule has 1 aliphatic heterocycles. The molecule has 1 aliphatic rings. The number of anilines is 1. The van der Waals surface area contributed by atoms with Crippen molar-refractivity contribution in [2.24, 2.45) is 0 Å².